The lowest BCUT2D eigenvalue weighted by Crippen LogP contribution is -2.35. The summed E-state index contributed by atoms with van der Waals surface area (Å²) in [4.78, 5) is 49.2. The Morgan fingerprint density at radius 1 is 0.559 bits per heavy atom. The number of allylic oxidation sites excluding steroid dienone is 8. The molecule has 0 heterocycles. The van der Waals surface area contributed by atoms with Gasteiger partial charge in [-0.15, -0.1) is 0 Å². The van der Waals surface area contributed by atoms with E-state index in [1.165, 1.54) is 0 Å². The van der Waals surface area contributed by atoms with Crippen LogP contribution in [0.2, 0.25) is 0 Å². The summed E-state index contributed by atoms with van der Waals surface area (Å²) in [6, 6.07) is 10.4. The largest absolute Gasteiger partial charge is 0.398 e. The molecule has 5 nitrogen and oxygen atoms in total. The van der Waals surface area contributed by atoms with Gasteiger partial charge in [-0.25, -0.2) is 0 Å². The van der Waals surface area contributed by atoms with Gasteiger partial charge in [-0.1, -0.05) is 88.8 Å². The molecule has 2 N–H and O–H groups in total. The van der Waals surface area contributed by atoms with Gasteiger partial charge in [0.2, 0.25) is 0 Å². The minimum absolute atomic E-state index is 0.0162. The molecular weight excluding hydrogens is 494 g/mol. The molecule has 0 fully saturated rings. The molecule has 2 aromatic carbocycles. The molecule has 0 saturated carbocycles. The van der Waals surface area contributed by atoms with Gasteiger partial charge in [-0.05, 0) is 12.1 Å². The van der Waals surface area contributed by atoms with Crippen LogP contribution < -0.4 is 5.73 Å². The van der Waals surface area contributed by atoms with Gasteiger partial charge in [-0.3, -0.25) is 19.2 Å². The average molecular weight is 514 g/mol. The van der Waals surface area contributed by atoms with Crippen molar-refractivity contribution < 1.29 is 19.2 Å². The summed E-state index contributed by atoms with van der Waals surface area (Å²) in [5.74, 6) is -1.41. The van der Waals surface area contributed by atoms with Crippen LogP contribution in [0.15, 0.2) is 89.5 Å². The summed E-state index contributed by atoms with van der Waals surface area (Å²) < 4.78 is 0.703. The molecule has 2 aromatic rings. The van der Waals surface area contributed by atoms with E-state index in [4.69, 9.17) is 5.73 Å². The van der Waals surface area contributed by atoms with Crippen molar-refractivity contribution in [1.82, 2.24) is 0 Å². The van der Waals surface area contributed by atoms with Crippen molar-refractivity contribution in [2.75, 3.05) is 5.73 Å². The highest BCUT2D eigenvalue weighted by atomic mass is 79.9. The molecule has 0 amide bonds. The second-order valence-corrected chi connectivity index (χ2v) is 9.39. The van der Waals surface area contributed by atoms with Crippen molar-refractivity contribution in [1.29, 1.82) is 0 Å². The molecule has 34 heavy (non-hydrogen) atoms. The molecule has 4 aliphatic carbocycles. The normalized spacial score (nSPS) is 25.7. The van der Waals surface area contributed by atoms with Crippen molar-refractivity contribution >= 4 is 44.8 Å². The van der Waals surface area contributed by atoms with E-state index in [-0.39, 0.29) is 46.8 Å². The minimum Gasteiger partial charge on any atom is -0.398 e. The number of halogens is 1. The van der Waals surface area contributed by atoms with Crippen LogP contribution in [-0.2, 0) is 0 Å². The molecule has 6 rings (SSSR count). The number of benzene rings is 2. The summed E-state index contributed by atoms with van der Waals surface area (Å²) in [6.45, 7) is 0. The first kappa shape index (κ1) is 22.2. The Hall–Kier alpha value is -3.64. The molecular formula is C28H20BrNO4. The predicted molar refractivity (Wildman–Crippen MR) is 133 cm³/mol. The van der Waals surface area contributed by atoms with Crippen LogP contribution in [0, 0.1) is 23.7 Å². The Balaban J connectivity index is 0.000000142. The van der Waals surface area contributed by atoms with Crippen molar-refractivity contribution in [3.05, 3.63) is 112 Å². The maximum absolute atomic E-state index is 12.4. The monoisotopic (exact) mass is 513 g/mol. The first-order valence-corrected chi connectivity index (χ1v) is 11.7. The lowest BCUT2D eigenvalue weighted by atomic mass is 9.72. The smallest absolute Gasteiger partial charge is 0.173 e. The fraction of sp³-hybridized carbons (Fsp3) is 0.143. The number of anilines is 1. The van der Waals surface area contributed by atoms with Crippen LogP contribution in [0.5, 0.6) is 0 Å². The van der Waals surface area contributed by atoms with E-state index in [9.17, 15) is 19.2 Å². The van der Waals surface area contributed by atoms with E-state index < -0.39 is 0 Å². The van der Waals surface area contributed by atoms with Gasteiger partial charge in [0.15, 0.2) is 23.1 Å². The van der Waals surface area contributed by atoms with Crippen molar-refractivity contribution in [3.8, 4) is 0 Å². The highest BCUT2D eigenvalue weighted by Crippen LogP contribution is 2.37. The zero-order valence-corrected chi connectivity index (χ0v) is 19.6. The number of fused-ring (bicyclic) bond motifs is 4. The van der Waals surface area contributed by atoms with Crippen LogP contribution >= 0.6 is 15.9 Å². The molecule has 0 spiro atoms. The average Bonchev–Trinajstić information content (AvgIpc) is 2.86. The third kappa shape index (κ3) is 3.46. The molecule has 0 aromatic heterocycles. The number of rotatable bonds is 0. The maximum atomic E-state index is 12.4. The molecule has 6 heteroatoms. The van der Waals surface area contributed by atoms with Gasteiger partial charge in [0, 0.05) is 26.9 Å². The quantitative estimate of drug-likeness (QED) is 0.489. The Labute approximate surface area is 204 Å². The molecule has 4 atom stereocenters. The van der Waals surface area contributed by atoms with E-state index in [1.54, 1.807) is 54.6 Å². The molecule has 4 unspecified atom stereocenters. The van der Waals surface area contributed by atoms with Gasteiger partial charge >= 0.3 is 0 Å². The van der Waals surface area contributed by atoms with Gasteiger partial charge < -0.3 is 5.73 Å². The number of hydrogen-bond acceptors (Lipinski definition) is 5. The summed E-state index contributed by atoms with van der Waals surface area (Å²) in [5.41, 5.74) is 8.09. The second kappa shape index (κ2) is 8.61. The summed E-state index contributed by atoms with van der Waals surface area (Å²) in [7, 11) is 0. The van der Waals surface area contributed by atoms with Crippen LogP contribution in [0.25, 0.3) is 0 Å². The highest BCUT2D eigenvalue weighted by Gasteiger charge is 2.41. The summed E-state index contributed by atoms with van der Waals surface area (Å²) in [5, 5.41) is 0. The van der Waals surface area contributed by atoms with Crippen molar-refractivity contribution in [3.63, 3.8) is 0 Å². The predicted octanol–water partition coefficient (Wildman–Crippen LogP) is 5.19. The number of hydrogen-bond donors (Lipinski definition) is 1. The Kier molecular flexibility index (Phi) is 5.62. The van der Waals surface area contributed by atoms with Gasteiger partial charge in [-0.2, -0.15) is 0 Å². The highest BCUT2D eigenvalue weighted by molar-refractivity contribution is 9.10. The molecule has 0 radical (unpaired) electrons. The van der Waals surface area contributed by atoms with E-state index in [2.05, 4.69) is 15.9 Å². The molecule has 168 valence electrons. The third-order valence-corrected chi connectivity index (χ3v) is 7.28. The van der Waals surface area contributed by atoms with E-state index in [0.29, 0.717) is 32.4 Å². The molecule has 4 aliphatic rings. The number of Topliss-reactive ketones (excluding diaryl/α,β-unsaturated/α-hetero) is 4. The van der Waals surface area contributed by atoms with Crippen LogP contribution in [0.4, 0.5) is 5.69 Å². The standard InChI is InChI=1S/C14H9BrO2.C14H11NO2/c2*15-11-7-3-6-10-12(11)14(17)9-5-2-1-4-8(9)13(10)16/h1-9H;1-9H,15H2. The molecule has 0 bridgehead atoms. The minimum atomic E-state index is -0.385. The van der Waals surface area contributed by atoms with Crippen LogP contribution in [-0.4, -0.2) is 23.1 Å². The zero-order chi connectivity index (χ0) is 24.0. The Morgan fingerprint density at radius 3 is 1.50 bits per heavy atom. The SMILES string of the molecule is Nc1cccc2c1C(=O)C1C=CC=CC1C2=O.O=C1c2cccc(Br)c2C(=O)C2C=CC=CC12. The van der Waals surface area contributed by atoms with Gasteiger partial charge in [0.1, 0.15) is 0 Å². The van der Waals surface area contributed by atoms with Crippen molar-refractivity contribution in [2.24, 2.45) is 23.7 Å². The number of nitrogens with two attached hydrogens (primary N) is 1. The van der Waals surface area contributed by atoms with Crippen LogP contribution in [0.3, 0.4) is 0 Å². The fourth-order valence-electron chi connectivity index (χ4n) is 4.94. The lowest BCUT2D eigenvalue weighted by molar-refractivity contribution is 0.0801. The number of nitrogen functional groups attached to an aromatic ring is 1. The van der Waals surface area contributed by atoms with E-state index >= 15 is 0 Å². The molecule has 0 aliphatic heterocycles. The van der Waals surface area contributed by atoms with E-state index in [1.807, 2.05) is 30.4 Å². The second-order valence-electron chi connectivity index (χ2n) is 8.53. The first-order chi connectivity index (χ1) is 16.4. The molecule has 0 saturated heterocycles. The lowest BCUT2D eigenvalue weighted by Gasteiger charge is -2.28. The van der Waals surface area contributed by atoms with Gasteiger partial charge in [0.25, 0.3) is 0 Å². The van der Waals surface area contributed by atoms with Crippen LogP contribution in [0.1, 0.15) is 41.4 Å². The topological polar surface area (TPSA) is 94.3 Å². The fourth-order valence-corrected chi connectivity index (χ4v) is 5.50. The van der Waals surface area contributed by atoms with E-state index in [0.717, 1.165) is 0 Å². The maximum Gasteiger partial charge on any atom is 0.173 e. The Morgan fingerprint density at radius 2 is 0.971 bits per heavy atom. The van der Waals surface area contributed by atoms with Crippen molar-refractivity contribution in [2.45, 2.75) is 0 Å². The van der Waals surface area contributed by atoms with Gasteiger partial charge in [0.05, 0.1) is 29.2 Å². The first-order valence-electron chi connectivity index (χ1n) is 10.9. The number of carbonyl (C=O) groups excluding carboxylic acids is 4. The summed E-state index contributed by atoms with van der Waals surface area (Å²) >= 11 is 3.35. The summed E-state index contributed by atoms with van der Waals surface area (Å²) in [6.07, 6.45) is 14.5. The number of ketones is 4. The Bertz CT molecular complexity index is 1280. The zero-order valence-electron chi connectivity index (χ0n) is 18.0. The number of carbonyl (C=O) groups is 4. The third-order valence-electron chi connectivity index (χ3n) is 6.61.